The van der Waals surface area contributed by atoms with Crippen molar-refractivity contribution < 1.29 is 13.9 Å². The Balaban J connectivity index is 1.29. The number of hydrogen-bond donors (Lipinski definition) is 1. The number of fused-ring (bicyclic) bond motifs is 2. The summed E-state index contributed by atoms with van der Waals surface area (Å²) in [5, 5.41) is 16.4. The smallest absolute Gasteiger partial charge is 0.244 e. The van der Waals surface area contributed by atoms with E-state index in [9.17, 15) is 4.39 Å². The summed E-state index contributed by atoms with van der Waals surface area (Å²) in [6.07, 6.45) is 1.53. The van der Waals surface area contributed by atoms with Gasteiger partial charge in [-0.2, -0.15) is 4.98 Å². The highest BCUT2D eigenvalue weighted by atomic mass is 19.1. The summed E-state index contributed by atoms with van der Waals surface area (Å²) in [5.74, 6) is 0.777. The number of aromatic nitrogens is 6. The molecule has 184 valence electrons. The lowest BCUT2D eigenvalue weighted by Crippen LogP contribution is -2.57. The van der Waals surface area contributed by atoms with Gasteiger partial charge in [0.2, 0.25) is 11.8 Å². The average Bonchev–Trinajstić information content (AvgIpc) is 3.43. The number of nitrogens with one attached hydrogen (secondary N) is 1. The molecule has 1 aromatic carbocycles. The Hall–Kier alpha value is -3.31. The van der Waals surface area contributed by atoms with Gasteiger partial charge in [0.1, 0.15) is 17.2 Å². The van der Waals surface area contributed by atoms with Gasteiger partial charge in [-0.15, -0.1) is 10.2 Å². The molecule has 2 saturated heterocycles. The van der Waals surface area contributed by atoms with Crippen molar-refractivity contribution in [3.63, 3.8) is 0 Å². The standard InChI is InChI=1S/C24H29FN8O2/c1-14(2)33-21-10-15(4-5-20(21)28-30-33)17-6-9-32-22(17)23(34-3)27-24(29-32)26-19-7-8-31(11-18(19)25)16-12-35-13-16/h4-6,9-10,14,16,18-19H,7-8,11-13H2,1-3H3,(H,26,29)/t18-,19+/m1/s1. The number of alkyl halides is 1. The zero-order valence-electron chi connectivity index (χ0n) is 20.1. The van der Waals surface area contributed by atoms with E-state index in [0.717, 1.165) is 34.2 Å². The predicted molar refractivity (Wildman–Crippen MR) is 130 cm³/mol. The minimum atomic E-state index is -1.01. The second kappa shape index (κ2) is 8.72. The zero-order chi connectivity index (χ0) is 24.1. The number of likely N-dealkylation sites (tertiary alicyclic amines) is 1. The van der Waals surface area contributed by atoms with Crippen molar-refractivity contribution in [1.29, 1.82) is 0 Å². The quantitative estimate of drug-likeness (QED) is 0.450. The molecule has 2 aliphatic heterocycles. The van der Waals surface area contributed by atoms with E-state index in [-0.39, 0.29) is 12.1 Å². The van der Waals surface area contributed by atoms with Crippen LogP contribution in [0.5, 0.6) is 5.88 Å². The third-order valence-corrected chi connectivity index (χ3v) is 6.97. The van der Waals surface area contributed by atoms with Gasteiger partial charge < -0.3 is 14.8 Å². The van der Waals surface area contributed by atoms with Crippen molar-refractivity contribution in [3.8, 4) is 17.0 Å². The molecule has 0 spiro atoms. The fraction of sp³-hybridized carbons (Fsp3) is 0.500. The first kappa shape index (κ1) is 22.2. The highest BCUT2D eigenvalue weighted by Crippen LogP contribution is 2.33. The van der Waals surface area contributed by atoms with Gasteiger partial charge in [0, 0.05) is 30.9 Å². The summed E-state index contributed by atoms with van der Waals surface area (Å²) in [4.78, 5) is 6.76. The summed E-state index contributed by atoms with van der Waals surface area (Å²) in [7, 11) is 1.58. The third kappa shape index (κ3) is 3.88. The predicted octanol–water partition coefficient (Wildman–Crippen LogP) is 2.95. The van der Waals surface area contributed by atoms with Gasteiger partial charge >= 0.3 is 0 Å². The third-order valence-electron chi connectivity index (χ3n) is 6.97. The molecule has 0 radical (unpaired) electrons. The van der Waals surface area contributed by atoms with E-state index in [1.807, 2.05) is 29.1 Å². The van der Waals surface area contributed by atoms with E-state index >= 15 is 0 Å². The molecule has 35 heavy (non-hydrogen) atoms. The number of piperidine rings is 1. The van der Waals surface area contributed by atoms with Crippen LogP contribution in [0.3, 0.4) is 0 Å². The normalized spacial score (nSPS) is 21.6. The van der Waals surface area contributed by atoms with Crippen LogP contribution in [0.1, 0.15) is 26.3 Å². The Morgan fingerprint density at radius 3 is 2.80 bits per heavy atom. The van der Waals surface area contributed by atoms with Crippen LogP contribution in [-0.4, -0.2) is 86.2 Å². The Bertz CT molecular complexity index is 1360. The molecule has 0 aliphatic carbocycles. The fourth-order valence-corrected chi connectivity index (χ4v) is 4.94. The Morgan fingerprint density at radius 2 is 2.09 bits per heavy atom. The minimum absolute atomic E-state index is 0.195. The zero-order valence-corrected chi connectivity index (χ0v) is 20.1. The number of rotatable bonds is 6. The van der Waals surface area contributed by atoms with Crippen LogP contribution in [0.15, 0.2) is 30.5 Å². The van der Waals surface area contributed by atoms with Gasteiger partial charge in [0.05, 0.1) is 37.9 Å². The largest absolute Gasteiger partial charge is 0.479 e. The lowest BCUT2D eigenvalue weighted by molar-refractivity contribution is -0.0794. The molecule has 10 nitrogen and oxygen atoms in total. The minimum Gasteiger partial charge on any atom is -0.479 e. The molecule has 1 N–H and O–H groups in total. The number of ether oxygens (including phenoxy) is 2. The van der Waals surface area contributed by atoms with Crippen LogP contribution in [0.25, 0.3) is 27.7 Å². The van der Waals surface area contributed by atoms with Crippen LogP contribution in [-0.2, 0) is 4.74 Å². The summed E-state index contributed by atoms with van der Waals surface area (Å²) in [6, 6.07) is 8.22. The maximum Gasteiger partial charge on any atom is 0.244 e. The Labute approximate surface area is 202 Å². The molecule has 3 aromatic heterocycles. The second-order valence-corrected chi connectivity index (χ2v) is 9.54. The lowest BCUT2D eigenvalue weighted by atomic mass is 10.0. The van der Waals surface area contributed by atoms with Crippen molar-refractivity contribution in [2.24, 2.45) is 0 Å². The number of nitrogens with zero attached hydrogens (tertiary/aromatic N) is 7. The SMILES string of the molecule is COc1nc(N[C@H]2CCN(C3COC3)C[C@H]2F)nn2ccc(-c3ccc4nnn(C(C)C)c4c3)c12. The molecule has 2 aliphatic rings. The molecule has 4 aromatic rings. The topological polar surface area (TPSA) is 94.6 Å². The highest BCUT2D eigenvalue weighted by molar-refractivity contribution is 5.89. The molecular weight excluding hydrogens is 451 g/mol. The first-order valence-corrected chi connectivity index (χ1v) is 12.0. The monoisotopic (exact) mass is 480 g/mol. The first-order chi connectivity index (χ1) is 17.0. The number of methoxy groups -OCH3 is 1. The van der Waals surface area contributed by atoms with Crippen molar-refractivity contribution in [3.05, 3.63) is 30.5 Å². The first-order valence-electron chi connectivity index (χ1n) is 12.0. The van der Waals surface area contributed by atoms with Gasteiger partial charge in [-0.05, 0) is 44.0 Å². The molecule has 5 heterocycles. The van der Waals surface area contributed by atoms with E-state index < -0.39 is 6.17 Å². The van der Waals surface area contributed by atoms with Crippen molar-refractivity contribution in [2.75, 3.05) is 38.7 Å². The van der Waals surface area contributed by atoms with E-state index in [0.29, 0.717) is 44.0 Å². The molecule has 0 saturated carbocycles. The fourth-order valence-electron chi connectivity index (χ4n) is 4.94. The molecule has 0 bridgehead atoms. The van der Waals surface area contributed by atoms with Gasteiger partial charge in [-0.25, -0.2) is 13.6 Å². The van der Waals surface area contributed by atoms with Crippen LogP contribution >= 0.6 is 0 Å². The van der Waals surface area contributed by atoms with Gasteiger partial charge in [0.15, 0.2) is 0 Å². The molecule has 2 atom stereocenters. The second-order valence-electron chi connectivity index (χ2n) is 9.54. The van der Waals surface area contributed by atoms with Gasteiger partial charge in [-0.1, -0.05) is 11.3 Å². The van der Waals surface area contributed by atoms with Crippen molar-refractivity contribution in [1.82, 2.24) is 34.5 Å². The average molecular weight is 481 g/mol. The number of benzene rings is 1. The number of halogens is 1. The van der Waals surface area contributed by atoms with E-state index in [4.69, 9.17) is 9.47 Å². The molecule has 0 amide bonds. The maximum atomic E-state index is 15.0. The van der Waals surface area contributed by atoms with Gasteiger partial charge in [0.25, 0.3) is 0 Å². The van der Waals surface area contributed by atoms with Crippen molar-refractivity contribution in [2.45, 2.75) is 44.6 Å². The van der Waals surface area contributed by atoms with Crippen LogP contribution in [0, 0.1) is 0 Å². The molecule has 2 fully saturated rings. The molecular formula is C24H29FN8O2. The van der Waals surface area contributed by atoms with Crippen LogP contribution < -0.4 is 10.1 Å². The van der Waals surface area contributed by atoms with Crippen molar-refractivity contribution >= 4 is 22.5 Å². The molecule has 6 rings (SSSR count). The summed E-state index contributed by atoms with van der Waals surface area (Å²) >= 11 is 0. The summed E-state index contributed by atoms with van der Waals surface area (Å²) in [5.41, 5.74) is 4.48. The molecule has 0 unspecified atom stereocenters. The Morgan fingerprint density at radius 1 is 1.23 bits per heavy atom. The highest BCUT2D eigenvalue weighted by Gasteiger charge is 2.35. The van der Waals surface area contributed by atoms with Crippen LogP contribution in [0.4, 0.5) is 10.3 Å². The number of hydrogen-bond acceptors (Lipinski definition) is 8. The summed E-state index contributed by atoms with van der Waals surface area (Å²) < 4.78 is 29.5. The van der Waals surface area contributed by atoms with E-state index in [1.165, 1.54) is 0 Å². The lowest BCUT2D eigenvalue weighted by Gasteiger charge is -2.42. The van der Waals surface area contributed by atoms with E-state index in [1.54, 1.807) is 11.6 Å². The van der Waals surface area contributed by atoms with E-state index in [2.05, 4.69) is 50.5 Å². The summed E-state index contributed by atoms with van der Waals surface area (Å²) in [6.45, 7) is 6.76. The van der Waals surface area contributed by atoms with Gasteiger partial charge in [-0.3, -0.25) is 4.90 Å². The number of anilines is 1. The maximum absolute atomic E-state index is 15.0. The van der Waals surface area contributed by atoms with Crippen LogP contribution in [0.2, 0.25) is 0 Å². The molecule has 11 heteroatoms. The Kier molecular flexibility index (Phi) is 5.53.